The van der Waals surface area contributed by atoms with E-state index in [1.807, 2.05) is 0 Å². The maximum Gasteiger partial charge on any atom is 0.271 e. The van der Waals surface area contributed by atoms with Gasteiger partial charge >= 0.3 is 0 Å². The summed E-state index contributed by atoms with van der Waals surface area (Å²) in [4.78, 5) is 23.8. The highest BCUT2D eigenvalue weighted by Crippen LogP contribution is 2.34. The number of hydrogen-bond donors (Lipinski definition) is 0. The second kappa shape index (κ2) is 6.96. The number of methoxy groups -OCH3 is 1. The van der Waals surface area contributed by atoms with Crippen molar-refractivity contribution in [3.05, 3.63) is 33.5 Å². The Morgan fingerprint density at radius 2 is 2.19 bits per heavy atom. The van der Waals surface area contributed by atoms with E-state index >= 15 is 0 Å². The average molecular weight is 388 g/mol. The van der Waals surface area contributed by atoms with E-state index in [2.05, 4.69) is 26.8 Å². The molecule has 0 spiro atoms. The van der Waals surface area contributed by atoms with Gasteiger partial charge in [-0.25, -0.2) is 9.97 Å². The normalized spacial score (nSPS) is 16.1. The molecule has 27 heavy (non-hydrogen) atoms. The zero-order valence-electron chi connectivity index (χ0n) is 16.3. The highest BCUT2D eigenvalue weighted by atomic mass is 32.1. The van der Waals surface area contributed by atoms with E-state index in [1.54, 1.807) is 11.7 Å². The number of ether oxygens (including phenoxy) is 2. The Bertz CT molecular complexity index is 1070. The van der Waals surface area contributed by atoms with Gasteiger partial charge in [-0.2, -0.15) is 0 Å². The lowest BCUT2D eigenvalue weighted by Gasteiger charge is -2.30. The summed E-state index contributed by atoms with van der Waals surface area (Å²) in [7, 11) is 1.65. The third-order valence-corrected chi connectivity index (χ3v) is 6.10. The number of aryl methyl sites for hydroxylation is 1. The van der Waals surface area contributed by atoms with E-state index in [0.29, 0.717) is 24.5 Å². The average Bonchev–Trinajstić information content (AvgIpc) is 2.97. The molecular formula is C20H25N3O3S. The molecule has 7 heteroatoms. The largest absolute Gasteiger partial charge is 0.383 e. The van der Waals surface area contributed by atoms with E-state index in [0.717, 1.165) is 52.1 Å². The van der Waals surface area contributed by atoms with E-state index in [4.69, 9.17) is 19.4 Å². The quantitative estimate of drug-likeness (QED) is 0.671. The van der Waals surface area contributed by atoms with E-state index < -0.39 is 0 Å². The molecule has 0 N–H and O–H groups in total. The van der Waals surface area contributed by atoms with Crippen molar-refractivity contribution < 1.29 is 9.47 Å². The van der Waals surface area contributed by atoms with Crippen molar-refractivity contribution in [3.63, 3.8) is 0 Å². The van der Waals surface area contributed by atoms with Crippen LogP contribution in [-0.2, 0) is 35.5 Å². The van der Waals surface area contributed by atoms with Gasteiger partial charge in [-0.3, -0.25) is 9.36 Å². The number of hydrogen-bond acceptors (Lipinski definition) is 6. The molecule has 0 aromatic carbocycles. The smallest absolute Gasteiger partial charge is 0.271 e. The monoisotopic (exact) mass is 387 g/mol. The van der Waals surface area contributed by atoms with Crippen molar-refractivity contribution in [2.24, 2.45) is 0 Å². The maximum absolute atomic E-state index is 13.1. The van der Waals surface area contributed by atoms with Crippen LogP contribution in [0.15, 0.2) is 10.9 Å². The predicted molar refractivity (Wildman–Crippen MR) is 108 cm³/mol. The number of nitrogens with zero attached hydrogens (tertiary/aromatic N) is 3. The van der Waals surface area contributed by atoms with E-state index in [1.165, 1.54) is 11.3 Å². The highest BCUT2D eigenvalue weighted by molar-refractivity contribution is 7.25. The topological polar surface area (TPSA) is 66.2 Å². The SMILES string of the molecule is CCCc1nc2c(sc3nc4c(cc32)COC(C)(C)C4)c(=O)n1CCOC. The van der Waals surface area contributed by atoms with Crippen molar-refractivity contribution in [3.8, 4) is 0 Å². The third-order valence-electron chi connectivity index (χ3n) is 5.02. The molecule has 0 bridgehead atoms. The number of rotatable bonds is 5. The molecule has 144 valence electrons. The molecule has 0 aliphatic carbocycles. The molecule has 1 aliphatic rings. The Hall–Kier alpha value is -1.83. The standard InChI is InChI=1S/C20H25N3O3S/c1-5-6-15-22-16-13-9-12-11-26-20(2,3)10-14(12)21-18(13)27-17(16)19(24)23(15)7-8-25-4/h9H,5-8,10-11H2,1-4H3. The summed E-state index contributed by atoms with van der Waals surface area (Å²) in [6.07, 6.45) is 2.48. The lowest BCUT2D eigenvalue weighted by molar-refractivity contribution is -0.0411. The van der Waals surface area contributed by atoms with E-state index in [9.17, 15) is 4.79 Å². The van der Waals surface area contributed by atoms with Crippen LogP contribution >= 0.6 is 11.3 Å². The van der Waals surface area contributed by atoms with Gasteiger partial charge in [0.1, 0.15) is 15.4 Å². The molecule has 0 unspecified atom stereocenters. The number of pyridine rings is 1. The molecule has 0 atom stereocenters. The summed E-state index contributed by atoms with van der Waals surface area (Å²) in [5.41, 5.74) is 2.75. The van der Waals surface area contributed by atoms with Gasteiger partial charge < -0.3 is 9.47 Å². The van der Waals surface area contributed by atoms with Gasteiger partial charge in [0.15, 0.2) is 0 Å². The number of thiophene rings is 1. The van der Waals surface area contributed by atoms with E-state index in [-0.39, 0.29) is 11.2 Å². The second-order valence-corrected chi connectivity index (χ2v) is 8.68. The van der Waals surface area contributed by atoms with Crippen molar-refractivity contribution in [2.45, 2.75) is 58.8 Å². The van der Waals surface area contributed by atoms with Crippen molar-refractivity contribution in [1.82, 2.24) is 14.5 Å². The Kier molecular flexibility index (Phi) is 4.78. The number of aromatic nitrogens is 3. The summed E-state index contributed by atoms with van der Waals surface area (Å²) < 4.78 is 13.6. The Labute approximate surface area is 162 Å². The lowest BCUT2D eigenvalue weighted by Crippen LogP contribution is -2.32. The molecule has 0 fully saturated rings. The molecule has 1 aliphatic heterocycles. The van der Waals surface area contributed by atoms with Crippen LogP contribution in [-0.4, -0.2) is 33.9 Å². The maximum atomic E-state index is 13.1. The summed E-state index contributed by atoms with van der Waals surface area (Å²) in [5.74, 6) is 0.821. The number of fused-ring (bicyclic) bond motifs is 4. The fourth-order valence-corrected chi connectivity index (χ4v) is 4.67. The fourth-order valence-electron chi connectivity index (χ4n) is 3.61. The summed E-state index contributed by atoms with van der Waals surface area (Å²) in [6, 6.07) is 2.12. The molecule has 3 aromatic heterocycles. The highest BCUT2D eigenvalue weighted by Gasteiger charge is 2.28. The van der Waals surface area contributed by atoms with Crippen LogP contribution in [0.3, 0.4) is 0 Å². The molecule has 4 heterocycles. The lowest BCUT2D eigenvalue weighted by atomic mass is 9.95. The van der Waals surface area contributed by atoms with Gasteiger partial charge in [0, 0.05) is 30.9 Å². The minimum Gasteiger partial charge on any atom is -0.383 e. The first-order valence-electron chi connectivity index (χ1n) is 9.41. The predicted octanol–water partition coefficient (Wildman–Crippen LogP) is 3.46. The van der Waals surface area contributed by atoms with Crippen LogP contribution in [0.5, 0.6) is 0 Å². The fraction of sp³-hybridized carbons (Fsp3) is 0.550. The van der Waals surface area contributed by atoms with Gasteiger partial charge in [-0.05, 0) is 26.3 Å². The molecule has 0 saturated carbocycles. The van der Waals surface area contributed by atoms with Gasteiger partial charge in [0.05, 0.1) is 36.6 Å². The second-order valence-electron chi connectivity index (χ2n) is 7.68. The van der Waals surface area contributed by atoms with Crippen molar-refractivity contribution in [1.29, 1.82) is 0 Å². The molecule has 3 aromatic rings. The molecule has 4 rings (SSSR count). The Balaban J connectivity index is 1.93. The molecular weight excluding hydrogens is 362 g/mol. The summed E-state index contributed by atoms with van der Waals surface area (Å²) >= 11 is 1.45. The zero-order chi connectivity index (χ0) is 19.2. The third kappa shape index (κ3) is 3.28. The first-order chi connectivity index (χ1) is 12.9. The van der Waals surface area contributed by atoms with Crippen LogP contribution < -0.4 is 5.56 Å². The van der Waals surface area contributed by atoms with Crippen LogP contribution in [0.1, 0.15) is 44.3 Å². The van der Waals surface area contributed by atoms with Crippen LogP contribution in [0, 0.1) is 0 Å². The van der Waals surface area contributed by atoms with Crippen LogP contribution in [0.25, 0.3) is 20.4 Å². The van der Waals surface area contributed by atoms with Gasteiger partial charge in [-0.1, -0.05) is 6.92 Å². The molecule has 0 amide bonds. The van der Waals surface area contributed by atoms with Gasteiger partial charge in [0.25, 0.3) is 5.56 Å². The van der Waals surface area contributed by atoms with Crippen molar-refractivity contribution >= 4 is 31.8 Å². The Morgan fingerprint density at radius 3 is 2.93 bits per heavy atom. The minimum atomic E-state index is -0.205. The molecule has 6 nitrogen and oxygen atoms in total. The van der Waals surface area contributed by atoms with Crippen LogP contribution in [0.4, 0.5) is 0 Å². The molecule has 0 radical (unpaired) electrons. The minimum absolute atomic E-state index is 0.0121. The van der Waals surface area contributed by atoms with Gasteiger partial charge in [-0.15, -0.1) is 11.3 Å². The zero-order valence-corrected chi connectivity index (χ0v) is 17.1. The van der Waals surface area contributed by atoms with Crippen molar-refractivity contribution in [2.75, 3.05) is 13.7 Å². The summed E-state index contributed by atoms with van der Waals surface area (Å²) in [5, 5.41) is 0.963. The first-order valence-corrected chi connectivity index (χ1v) is 10.2. The Morgan fingerprint density at radius 1 is 1.37 bits per heavy atom. The first kappa shape index (κ1) is 18.5. The summed E-state index contributed by atoms with van der Waals surface area (Å²) in [6.45, 7) is 7.83. The van der Waals surface area contributed by atoms with Crippen LogP contribution in [0.2, 0.25) is 0 Å². The van der Waals surface area contributed by atoms with Gasteiger partial charge in [0.2, 0.25) is 0 Å². The molecule has 0 saturated heterocycles.